The van der Waals surface area contributed by atoms with Crippen LogP contribution in [0.25, 0.3) is 10.9 Å². The van der Waals surface area contributed by atoms with Gasteiger partial charge in [0.05, 0.1) is 11.2 Å². The Morgan fingerprint density at radius 2 is 2.13 bits per heavy atom. The van der Waals surface area contributed by atoms with Gasteiger partial charge >= 0.3 is 0 Å². The normalized spacial score (nSPS) is 10.9. The van der Waals surface area contributed by atoms with Crippen molar-refractivity contribution in [3.05, 3.63) is 50.3 Å². The first-order valence-corrected chi connectivity index (χ1v) is 8.04. The third kappa shape index (κ3) is 2.75. The van der Waals surface area contributed by atoms with Crippen LogP contribution in [0, 0.1) is 13.8 Å². The Kier molecular flexibility index (Phi) is 3.96. The average Bonchev–Trinajstić information content (AvgIpc) is 2.93. The van der Waals surface area contributed by atoms with Crippen LogP contribution in [0.15, 0.2) is 23.0 Å². The molecule has 0 saturated carbocycles. The van der Waals surface area contributed by atoms with Crippen LogP contribution in [-0.4, -0.2) is 20.5 Å². The van der Waals surface area contributed by atoms with Crippen LogP contribution in [0.4, 0.5) is 5.69 Å². The second kappa shape index (κ2) is 5.92. The molecule has 6 nitrogen and oxygen atoms in total. The molecule has 2 aromatic heterocycles. The van der Waals surface area contributed by atoms with E-state index in [2.05, 4.69) is 19.9 Å². The van der Waals surface area contributed by atoms with E-state index in [1.807, 2.05) is 26.0 Å². The molecule has 118 valence electrons. The molecule has 7 heteroatoms. The van der Waals surface area contributed by atoms with Crippen LogP contribution < -0.4 is 10.9 Å². The number of aromatic amines is 1. The Labute approximate surface area is 136 Å². The molecule has 2 heterocycles. The number of anilines is 1. The Morgan fingerprint density at radius 1 is 1.35 bits per heavy atom. The van der Waals surface area contributed by atoms with Crippen LogP contribution in [0.3, 0.4) is 0 Å². The maximum atomic E-state index is 12.2. The monoisotopic (exact) mass is 328 g/mol. The number of benzene rings is 1. The molecule has 3 rings (SSSR count). The van der Waals surface area contributed by atoms with Crippen molar-refractivity contribution >= 4 is 34.0 Å². The smallest absolute Gasteiger partial charge is 0.269 e. The van der Waals surface area contributed by atoms with Crippen molar-refractivity contribution in [2.75, 3.05) is 5.32 Å². The minimum absolute atomic E-state index is 0.0801. The number of H-pyrrole nitrogens is 1. The van der Waals surface area contributed by atoms with Crippen LogP contribution in [0.2, 0.25) is 0 Å². The summed E-state index contributed by atoms with van der Waals surface area (Å²) in [6.45, 7) is 5.65. The summed E-state index contributed by atoms with van der Waals surface area (Å²) in [6.07, 6.45) is 0.688. The summed E-state index contributed by atoms with van der Waals surface area (Å²) in [5.41, 5.74) is 3.62. The fourth-order valence-corrected chi connectivity index (χ4v) is 3.19. The van der Waals surface area contributed by atoms with Crippen molar-refractivity contribution in [1.29, 1.82) is 0 Å². The number of carbonyl (C=O) groups is 1. The molecule has 0 unspecified atom stereocenters. The van der Waals surface area contributed by atoms with Gasteiger partial charge < -0.3 is 10.3 Å². The highest BCUT2D eigenvalue weighted by molar-refractivity contribution is 7.08. The van der Waals surface area contributed by atoms with Crippen LogP contribution in [0.5, 0.6) is 0 Å². The molecule has 0 atom stereocenters. The molecule has 1 amide bonds. The van der Waals surface area contributed by atoms with Crippen molar-refractivity contribution in [3.8, 4) is 0 Å². The van der Waals surface area contributed by atoms with Crippen molar-refractivity contribution in [2.45, 2.75) is 27.2 Å². The minimum atomic E-state index is -0.249. The number of nitrogens with zero attached hydrogens (tertiary/aromatic N) is 2. The van der Waals surface area contributed by atoms with Gasteiger partial charge in [0.25, 0.3) is 11.5 Å². The molecule has 23 heavy (non-hydrogen) atoms. The number of fused-ring (bicyclic) bond motifs is 1. The largest absolute Gasteiger partial charge is 0.322 e. The van der Waals surface area contributed by atoms with E-state index in [9.17, 15) is 9.59 Å². The Balaban J connectivity index is 1.99. The Hall–Kier alpha value is -2.54. The molecule has 0 fully saturated rings. The van der Waals surface area contributed by atoms with E-state index in [-0.39, 0.29) is 11.5 Å². The third-order valence-electron chi connectivity index (χ3n) is 3.87. The summed E-state index contributed by atoms with van der Waals surface area (Å²) < 4.78 is 3.76. The predicted octanol–water partition coefficient (Wildman–Crippen LogP) is 2.81. The molecule has 0 spiro atoms. The van der Waals surface area contributed by atoms with E-state index < -0.39 is 0 Å². The van der Waals surface area contributed by atoms with E-state index in [4.69, 9.17) is 0 Å². The lowest BCUT2D eigenvalue weighted by Gasteiger charge is -2.09. The molecule has 0 aliphatic carbocycles. The van der Waals surface area contributed by atoms with Crippen molar-refractivity contribution in [3.63, 3.8) is 0 Å². The van der Waals surface area contributed by atoms with Gasteiger partial charge in [-0.3, -0.25) is 9.59 Å². The number of carbonyl (C=O) groups excluding carboxylic acids is 1. The number of pyridine rings is 1. The lowest BCUT2D eigenvalue weighted by molar-refractivity contribution is 0.103. The molecular formula is C16H16N4O2S. The Bertz CT molecular complexity index is 958. The number of amides is 1. The highest BCUT2D eigenvalue weighted by Gasteiger charge is 2.14. The summed E-state index contributed by atoms with van der Waals surface area (Å²) in [4.78, 5) is 27.7. The first-order chi connectivity index (χ1) is 11.0. The summed E-state index contributed by atoms with van der Waals surface area (Å²) in [7, 11) is 0. The first kappa shape index (κ1) is 15.4. The van der Waals surface area contributed by atoms with E-state index in [0.717, 1.165) is 28.0 Å². The van der Waals surface area contributed by atoms with E-state index >= 15 is 0 Å². The molecule has 0 bridgehead atoms. The summed E-state index contributed by atoms with van der Waals surface area (Å²) in [5.74, 6) is -0.249. The van der Waals surface area contributed by atoms with Gasteiger partial charge in [0.1, 0.15) is 4.88 Å². The van der Waals surface area contributed by atoms with Crippen molar-refractivity contribution < 1.29 is 4.79 Å². The average molecular weight is 328 g/mol. The predicted molar refractivity (Wildman–Crippen MR) is 91.3 cm³/mol. The number of hydrogen-bond acceptors (Lipinski definition) is 5. The van der Waals surface area contributed by atoms with E-state index in [1.54, 1.807) is 13.0 Å². The molecule has 1 aromatic carbocycles. The summed E-state index contributed by atoms with van der Waals surface area (Å²) in [5, 5.41) is 7.63. The van der Waals surface area contributed by atoms with Crippen molar-refractivity contribution in [1.82, 2.24) is 14.6 Å². The second-order valence-electron chi connectivity index (χ2n) is 5.31. The van der Waals surface area contributed by atoms with Crippen LogP contribution >= 0.6 is 11.5 Å². The van der Waals surface area contributed by atoms with E-state index in [0.29, 0.717) is 28.2 Å². The molecule has 3 aromatic rings. The maximum Gasteiger partial charge on any atom is 0.269 e. The standard InChI is InChI=1S/C16H16N4O2S/c1-4-11-8(2)12-6-5-10(7-13(12)18-15(11)21)17-16(22)14-9(3)19-20-23-14/h5-7H,4H2,1-3H3,(H,17,22)(H,18,21). The first-order valence-electron chi connectivity index (χ1n) is 7.27. The highest BCUT2D eigenvalue weighted by Crippen LogP contribution is 2.22. The van der Waals surface area contributed by atoms with Crippen molar-refractivity contribution in [2.24, 2.45) is 0 Å². The zero-order chi connectivity index (χ0) is 16.6. The molecule has 0 aliphatic rings. The third-order valence-corrected chi connectivity index (χ3v) is 4.69. The lowest BCUT2D eigenvalue weighted by atomic mass is 10.0. The van der Waals surface area contributed by atoms with Gasteiger partial charge in [-0.15, -0.1) is 5.10 Å². The summed E-state index contributed by atoms with van der Waals surface area (Å²) >= 11 is 1.06. The van der Waals surface area contributed by atoms with Gasteiger partial charge in [-0.25, -0.2) is 0 Å². The number of aryl methyl sites for hydroxylation is 2. The minimum Gasteiger partial charge on any atom is -0.322 e. The van der Waals surface area contributed by atoms with Gasteiger partial charge in [0.2, 0.25) is 0 Å². The molecule has 0 radical (unpaired) electrons. The zero-order valence-electron chi connectivity index (χ0n) is 13.1. The number of aromatic nitrogens is 3. The zero-order valence-corrected chi connectivity index (χ0v) is 13.9. The van der Waals surface area contributed by atoms with E-state index in [1.165, 1.54) is 0 Å². The second-order valence-corrected chi connectivity index (χ2v) is 6.07. The number of nitrogens with one attached hydrogen (secondary N) is 2. The van der Waals surface area contributed by atoms with Gasteiger partial charge in [-0.05, 0) is 49.5 Å². The molecule has 2 N–H and O–H groups in total. The topological polar surface area (TPSA) is 87.7 Å². The van der Waals surface area contributed by atoms with Gasteiger partial charge in [0, 0.05) is 16.6 Å². The fourth-order valence-electron chi connectivity index (χ4n) is 2.64. The molecular weight excluding hydrogens is 312 g/mol. The molecule has 0 saturated heterocycles. The van der Waals surface area contributed by atoms with Gasteiger partial charge in [0.15, 0.2) is 0 Å². The quantitative estimate of drug-likeness (QED) is 0.774. The SMILES string of the molecule is CCc1c(C)c2ccc(NC(=O)c3snnc3C)cc2[nH]c1=O. The fraction of sp³-hybridized carbons (Fsp3) is 0.250. The molecule has 0 aliphatic heterocycles. The number of rotatable bonds is 3. The van der Waals surface area contributed by atoms with Gasteiger partial charge in [-0.2, -0.15) is 0 Å². The highest BCUT2D eigenvalue weighted by atomic mass is 32.1. The number of hydrogen-bond donors (Lipinski definition) is 2. The lowest BCUT2D eigenvalue weighted by Crippen LogP contribution is -2.15. The van der Waals surface area contributed by atoms with Crippen LogP contribution in [0.1, 0.15) is 33.4 Å². The summed E-state index contributed by atoms with van der Waals surface area (Å²) in [6, 6.07) is 5.51. The van der Waals surface area contributed by atoms with Crippen LogP contribution in [-0.2, 0) is 6.42 Å². The maximum absolute atomic E-state index is 12.2. The Morgan fingerprint density at radius 3 is 2.78 bits per heavy atom. The van der Waals surface area contributed by atoms with Gasteiger partial charge in [-0.1, -0.05) is 17.5 Å².